The van der Waals surface area contributed by atoms with E-state index in [0.717, 1.165) is 49.9 Å². The average Bonchev–Trinajstić information content (AvgIpc) is 3.30. The van der Waals surface area contributed by atoms with E-state index in [-0.39, 0.29) is 6.10 Å². The lowest BCUT2D eigenvalue weighted by molar-refractivity contribution is -0.00803. The Morgan fingerprint density at radius 3 is 2.70 bits per heavy atom. The van der Waals surface area contributed by atoms with Crippen LogP contribution in [0.3, 0.4) is 0 Å². The predicted molar refractivity (Wildman–Crippen MR) is 130 cm³/mol. The molecule has 4 rings (SSSR count). The predicted octanol–water partition coefficient (Wildman–Crippen LogP) is 3.58. The largest absolute Gasteiger partial charge is 0.489 e. The molecule has 3 aromatic rings. The van der Waals surface area contributed by atoms with Crippen LogP contribution >= 0.6 is 0 Å². The standard InChI is InChI=1S/C26H33N5O2/c1-3-27-26(31-15-16-32-25(19-31)23-17-29-30(2)18-23)28-14-13-21-9-11-24(12-10-21)33-20-22-7-5-4-6-8-22/h4-12,17-18,25H,3,13-16,19-20H2,1-2H3,(H,27,28). The molecule has 0 aliphatic carbocycles. The first-order chi connectivity index (χ1) is 16.2. The molecule has 1 aliphatic heterocycles. The van der Waals surface area contributed by atoms with Gasteiger partial charge in [0.2, 0.25) is 0 Å². The summed E-state index contributed by atoms with van der Waals surface area (Å²) in [5.41, 5.74) is 3.52. The van der Waals surface area contributed by atoms with Gasteiger partial charge in [-0.1, -0.05) is 42.5 Å². The summed E-state index contributed by atoms with van der Waals surface area (Å²) in [7, 11) is 1.93. The number of aliphatic imine (C=N–C) groups is 1. The molecule has 1 saturated heterocycles. The molecular weight excluding hydrogens is 414 g/mol. The van der Waals surface area contributed by atoms with E-state index >= 15 is 0 Å². The van der Waals surface area contributed by atoms with Crippen LogP contribution in [-0.4, -0.2) is 53.4 Å². The first-order valence-electron chi connectivity index (χ1n) is 11.6. The van der Waals surface area contributed by atoms with Gasteiger partial charge in [0.05, 0.1) is 19.3 Å². The van der Waals surface area contributed by atoms with Gasteiger partial charge in [0, 0.05) is 38.4 Å². The van der Waals surface area contributed by atoms with Crippen LogP contribution in [-0.2, 0) is 24.8 Å². The van der Waals surface area contributed by atoms with Gasteiger partial charge in [-0.05, 0) is 36.6 Å². The van der Waals surface area contributed by atoms with Gasteiger partial charge in [0.1, 0.15) is 18.5 Å². The molecule has 0 saturated carbocycles. The molecule has 1 aliphatic rings. The second kappa shape index (κ2) is 11.5. The molecular formula is C26H33N5O2. The van der Waals surface area contributed by atoms with Crippen molar-refractivity contribution in [1.82, 2.24) is 20.0 Å². The van der Waals surface area contributed by atoms with Gasteiger partial charge in [0.25, 0.3) is 0 Å². The van der Waals surface area contributed by atoms with Gasteiger partial charge in [-0.3, -0.25) is 9.67 Å². The fraction of sp³-hybridized carbons (Fsp3) is 0.385. The summed E-state index contributed by atoms with van der Waals surface area (Å²) in [6.07, 6.45) is 4.79. The molecule has 7 nitrogen and oxygen atoms in total. The van der Waals surface area contributed by atoms with Crippen molar-refractivity contribution in [3.8, 4) is 5.75 Å². The maximum atomic E-state index is 5.98. The highest BCUT2D eigenvalue weighted by atomic mass is 16.5. The van der Waals surface area contributed by atoms with Crippen molar-refractivity contribution >= 4 is 5.96 Å². The molecule has 0 spiro atoms. The number of nitrogens with one attached hydrogen (secondary N) is 1. The van der Waals surface area contributed by atoms with Crippen LogP contribution in [0.1, 0.15) is 29.7 Å². The molecule has 174 valence electrons. The van der Waals surface area contributed by atoms with E-state index in [2.05, 4.69) is 46.5 Å². The van der Waals surface area contributed by atoms with Gasteiger partial charge < -0.3 is 19.7 Å². The van der Waals surface area contributed by atoms with Crippen LogP contribution in [0.15, 0.2) is 72.0 Å². The van der Waals surface area contributed by atoms with Gasteiger partial charge in [-0.2, -0.15) is 5.10 Å². The Hall–Kier alpha value is -3.32. The van der Waals surface area contributed by atoms with Gasteiger partial charge in [0.15, 0.2) is 5.96 Å². The summed E-state index contributed by atoms with van der Waals surface area (Å²) < 4.78 is 13.7. The van der Waals surface area contributed by atoms with Gasteiger partial charge in [-0.25, -0.2) is 0 Å². The van der Waals surface area contributed by atoms with Crippen LogP contribution < -0.4 is 10.1 Å². The summed E-state index contributed by atoms with van der Waals surface area (Å²) in [5, 5.41) is 7.71. The molecule has 2 heterocycles. The molecule has 1 fully saturated rings. The second-order valence-electron chi connectivity index (χ2n) is 8.16. The number of morpholine rings is 1. The summed E-state index contributed by atoms with van der Waals surface area (Å²) >= 11 is 0. The summed E-state index contributed by atoms with van der Waals surface area (Å²) in [6.45, 7) is 6.51. The third-order valence-electron chi connectivity index (χ3n) is 5.63. The van der Waals surface area contributed by atoms with Gasteiger partial charge in [-0.15, -0.1) is 0 Å². The zero-order valence-corrected chi connectivity index (χ0v) is 19.5. The molecule has 1 atom stereocenters. The monoisotopic (exact) mass is 447 g/mol. The Morgan fingerprint density at radius 2 is 1.97 bits per heavy atom. The van der Waals surface area contributed by atoms with E-state index in [0.29, 0.717) is 13.2 Å². The van der Waals surface area contributed by atoms with E-state index in [9.17, 15) is 0 Å². The minimum absolute atomic E-state index is 0.0136. The number of hydrogen-bond acceptors (Lipinski definition) is 4. The fourth-order valence-electron chi connectivity index (χ4n) is 3.86. The third kappa shape index (κ3) is 6.58. The molecule has 0 radical (unpaired) electrons. The lowest BCUT2D eigenvalue weighted by Gasteiger charge is -2.34. The molecule has 0 bridgehead atoms. The number of ether oxygens (including phenoxy) is 2. The van der Waals surface area contributed by atoms with E-state index in [1.165, 1.54) is 11.1 Å². The number of hydrogen-bond donors (Lipinski definition) is 1. The molecule has 7 heteroatoms. The van der Waals surface area contributed by atoms with Crippen LogP contribution in [0.5, 0.6) is 5.75 Å². The van der Waals surface area contributed by atoms with E-state index in [1.54, 1.807) is 0 Å². The Balaban J connectivity index is 1.30. The number of aromatic nitrogens is 2. The summed E-state index contributed by atoms with van der Waals surface area (Å²) in [5.74, 6) is 1.83. The van der Waals surface area contributed by atoms with Crippen molar-refractivity contribution in [2.45, 2.75) is 26.1 Å². The Kier molecular flexibility index (Phi) is 7.98. The van der Waals surface area contributed by atoms with Crippen LogP contribution in [0.25, 0.3) is 0 Å². The SMILES string of the molecule is CCNC(=NCCc1ccc(OCc2ccccc2)cc1)N1CCOC(c2cnn(C)c2)C1. The minimum Gasteiger partial charge on any atom is -0.489 e. The molecule has 1 aromatic heterocycles. The topological polar surface area (TPSA) is 63.9 Å². The number of rotatable bonds is 8. The molecule has 0 amide bonds. The highest BCUT2D eigenvalue weighted by Gasteiger charge is 2.25. The smallest absolute Gasteiger partial charge is 0.194 e. The van der Waals surface area contributed by atoms with E-state index in [1.807, 2.05) is 54.5 Å². The first-order valence-corrected chi connectivity index (χ1v) is 11.6. The highest BCUT2D eigenvalue weighted by molar-refractivity contribution is 5.80. The van der Waals surface area contributed by atoms with Crippen molar-refractivity contribution in [1.29, 1.82) is 0 Å². The van der Waals surface area contributed by atoms with Crippen LogP contribution in [0, 0.1) is 0 Å². The zero-order valence-electron chi connectivity index (χ0n) is 19.5. The molecule has 33 heavy (non-hydrogen) atoms. The van der Waals surface area contributed by atoms with Crippen molar-refractivity contribution in [2.24, 2.45) is 12.0 Å². The van der Waals surface area contributed by atoms with Crippen LogP contribution in [0.4, 0.5) is 0 Å². The highest BCUT2D eigenvalue weighted by Crippen LogP contribution is 2.21. The maximum Gasteiger partial charge on any atom is 0.194 e. The summed E-state index contributed by atoms with van der Waals surface area (Å²) in [6, 6.07) is 18.5. The molecule has 1 N–H and O–H groups in total. The first kappa shape index (κ1) is 22.9. The lowest BCUT2D eigenvalue weighted by Crippen LogP contribution is -2.48. The lowest BCUT2D eigenvalue weighted by atomic mass is 10.1. The quantitative estimate of drug-likeness (QED) is 0.422. The average molecular weight is 448 g/mol. The van der Waals surface area contributed by atoms with E-state index < -0.39 is 0 Å². The van der Waals surface area contributed by atoms with Crippen molar-refractivity contribution in [2.75, 3.05) is 32.8 Å². The van der Waals surface area contributed by atoms with Gasteiger partial charge >= 0.3 is 0 Å². The number of guanidine groups is 1. The minimum atomic E-state index is 0.0136. The Labute approximate surface area is 196 Å². The van der Waals surface area contributed by atoms with E-state index in [4.69, 9.17) is 14.5 Å². The number of benzene rings is 2. The van der Waals surface area contributed by atoms with Crippen molar-refractivity contribution in [3.63, 3.8) is 0 Å². The Morgan fingerprint density at radius 1 is 1.15 bits per heavy atom. The maximum absolute atomic E-state index is 5.98. The van der Waals surface area contributed by atoms with Crippen LogP contribution in [0.2, 0.25) is 0 Å². The number of aryl methyl sites for hydroxylation is 1. The second-order valence-corrected chi connectivity index (χ2v) is 8.16. The number of nitrogens with zero attached hydrogens (tertiary/aromatic N) is 4. The third-order valence-corrected chi connectivity index (χ3v) is 5.63. The van der Waals surface area contributed by atoms with Crippen molar-refractivity contribution < 1.29 is 9.47 Å². The molecule has 2 aromatic carbocycles. The van der Waals surface area contributed by atoms with Crippen molar-refractivity contribution in [3.05, 3.63) is 83.7 Å². The fourth-order valence-corrected chi connectivity index (χ4v) is 3.86. The normalized spacial score (nSPS) is 16.6. The zero-order chi connectivity index (χ0) is 22.9. The molecule has 1 unspecified atom stereocenters. The summed E-state index contributed by atoms with van der Waals surface area (Å²) in [4.78, 5) is 7.17. The Bertz CT molecular complexity index is 1020.